The highest BCUT2D eigenvalue weighted by molar-refractivity contribution is 5.92. The van der Waals surface area contributed by atoms with Crippen molar-refractivity contribution in [1.82, 2.24) is 29.8 Å². The van der Waals surface area contributed by atoms with Gasteiger partial charge in [0, 0.05) is 38.9 Å². The molecule has 2 aromatic rings. The topological polar surface area (TPSA) is 104 Å². The molecular weight excluding hydrogens is 412 g/mol. The Kier molecular flexibility index (Phi) is 5.73. The lowest BCUT2D eigenvalue weighted by Crippen LogP contribution is -2.55. The lowest BCUT2D eigenvalue weighted by Gasteiger charge is -2.44. The summed E-state index contributed by atoms with van der Waals surface area (Å²) in [6.45, 7) is 3.81. The summed E-state index contributed by atoms with van der Waals surface area (Å²) < 4.78 is 15.4. The van der Waals surface area contributed by atoms with Gasteiger partial charge in [0.1, 0.15) is 17.0 Å². The van der Waals surface area contributed by atoms with Gasteiger partial charge in [-0.3, -0.25) is 9.59 Å². The molecule has 2 aromatic heterocycles. The van der Waals surface area contributed by atoms with E-state index in [9.17, 15) is 9.59 Å². The number of nitrogens with one attached hydrogen (secondary N) is 1. The fraction of sp³-hybridized carbons (Fsp3) is 0.636. The summed E-state index contributed by atoms with van der Waals surface area (Å²) in [7, 11) is 1.88. The monoisotopic (exact) mass is 442 g/mol. The number of carbonyl (C=O) groups excluding carboxylic acids is 2. The molecule has 1 N–H and O–H groups in total. The zero-order chi connectivity index (χ0) is 22.1. The van der Waals surface area contributed by atoms with Gasteiger partial charge in [-0.1, -0.05) is 5.21 Å². The second-order valence-corrected chi connectivity index (χ2v) is 9.05. The number of rotatable bonds is 4. The van der Waals surface area contributed by atoms with Gasteiger partial charge >= 0.3 is 0 Å². The Morgan fingerprint density at radius 1 is 1.28 bits per heavy atom. The first-order valence-electron chi connectivity index (χ1n) is 11.4. The molecule has 172 valence electrons. The van der Waals surface area contributed by atoms with Crippen LogP contribution in [0.25, 0.3) is 0 Å². The van der Waals surface area contributed by atoms with Gasteiger partial charge in [0.15, 0.2) is 0 Å². The lowest BCUT2D eigenvalue weighted by molar-refractivity contribution is -0.128. The smallest absolute Gasteiger partial charge is 0.270 e. The predicted molar refractivity (Wildman–Crippen MR) is 113 cm³/mol. The zero-order valence-corrected chi connectivity index (χ0v) is 18.5. The van der Waals surface area contributed by atoms with Gasteiger partial charge in [-0.2, -0.15) is 0 Å². The molecule has 10 heteroatoms. The number of amides is 2. The molecule has 0 saturated carbocycles. The summed E-state index contributed by atoms with van der Waals surface area (Å²) in [6.07, 6.45) is 5.16. The first kappa shape index (κ1) is 21.1. The fourth-order valence-electron chi connectivity index (χ4n) is 4.97. The minimum atomic E-state index is -0.456. The van der Waals surface area contributed by atoms with Crippen LogP contribution in [0.2, 0.25) is 0 Å². The molecule has 32 heavy (non-hydrogen) atoms. The average Bonchev–Trinajstić information content (AvgIpc) is 3.43. The maximum Gasteiger partial charge on any atom is 0.270 e. The van der Waals surface area contributed by atoms with Crippen molar-refractivity contribution >= 4 is 11.8 Å². The van der Waals surface area contributed by atoms with E-state index in [4.69, 9.17) is 9.47 Å². The molecule has 5 heterocycles. The van der Waals surface area contributed by atoms with Gasteiger partial charge in [-0.15, -0.1) is 5.10 Å². The van der Waals surface area contributed by atoms with Gasteiger partial charge in [0.25, 0.3) is 5.91 Å². The Labute approximate surface area is 186 Å². The highest BCUT2D eigenvalue weighted by atomic mass is 16.5. The van der Waals surface area contributed by atoms with Crippen molar-refractivity contribution in [3.8, 4) is 0 Å². The van der Waals surface area contributed by atoms with Gasteiger partial charge in [0.2, 0.25) is 5.91 Å². The number of nitrogens with zero attached hydrogens (tertiary/aromatic N) is 5. The molecule has 1 atom stereocenters. The summed E-state index contributed by atoms with van der Waals surface area (Å²) in [5.41, 5.74) is 1.87. The van der Waals surface area contributed by atoms with Crippen LogP contribution in [0.5, 0.6) is 0 Å². The largest absolute Gasteiger partial charge is 0.381 e. The Balaban J connectivity index is 1.23. The summed E-state index contributed by atoms with van der Waals surface area (Å²) in [5.74, 6) is 0.0797. The first-order chi connectivity index (χ1) is 15.5. The average molecular weight is 443 g/mol. The minimum Gasteiger partial charge on any atom is -0.381 e. The van der Waals surface area contributed by atoms with E-state index in [1.54, 1.807) is 0 Å². The van der Waals surface area contributed by atoms with Gasteiger partial charge in [0.05, 0.1) is 31.9 Å². The number of aryl methyl sites for hydroxylation is 1. The van der Waals surface area contributed by atoms with Crippen LogP contribution in [0.15, 0.2) is 18.3 Å². The van der Waals surface area contributed by atoms with E-state index in [0.717, 1.165) is 43.6 Å². The standard InChI is InChI=1S/C22H30N6O4/c1-26-8-2-4-18(26)21(30)27-9-3-7-22(14-27)15-28-19(13-32-22)17(24-25-28)12-23-20(29)16-5-10-31-11-6-16/h2,4,8,16H,3,5-7,9-15H2,1H3,(H,23,29). The Hall–Kier alpha value is -2.72. The van der Waals surface area contributed by atoms with Crippen LogP contribution < -0.4 is 5.32 Å². The van der Waals surface area contributed by atoms with Crippen LogP contribution in [-0.2, 0) is 41.0 Å². The molecule has 1 spiro atoms. The first-order valence-corrected chi connectivity index (χ1v) is 11.4. The van der Waals surface area contributed by atoms with E-state index < -0.39 is 5.60 Å². The van der Waals surface area contributed by atoms with Gasteiger partial charge in [-0.05, 0) is 37.8 Å². The lowest BCUT2D eigenvalue weighted by atomic mass is 9.91. The minimum absolute atomic E-state index is 0.00431. The van der Waals surface area contributed by atoms with E-state index >= 15 is 0 Å². The maximum absolute atomic E-state index is 13.0. The molecule has 1 unspecified atom stereocenters. The quantitative estimate of drug-likeness (QED) is 0.754. The highest BCUT2D eigenvalue weighted by Gasteiger charge is 2.43. The van der Waals surface area contributed by atoms with Crippen molar-refractivity contribution in [3.05, 3.63) is 35.4 Å². The molecule has 0 bridgehead atoms. The Morgan fingerprint density at radius 3 is 2.91 bits per heavy atom. The number of piperidine rings is 1. The molecule has 0 radical (unpaired) electrons. The number of carbonyl (C=O) groups is 2. The number of hydrogen-bond acceptors (Lipinski definition) is 6. The van der Waals surface area contributed by atoms with Crippen LogP contribution >= 0.6 is 0 Å². The van der Waals surface area contributed by atoms with Crippen LogP contribution in [0.1, 0.15) is 47.6 Å². The molecule has 3 aliphatic rings. The third-order valence-electron chi connectivity index (χ3n) is 6.88. The van der Waals surface area contributed by atoms with Crippen LogP contribution in [-0.4, -0.2) is 68.2 Å². The molecule has 2 fully saturated rings. The molecule has 0 aromatic carbocycles. The van der Waals surface area contributed by atoms with E-state index in [1.807, 2.05) is 39.5 Å². The van der Waals surface area contributed by atoms with Crippen molar-refractivity contribution in [2.24, 2.45) is 13.0 Å². The molecule has 2 saturated heterocycles. The second kappa shape index (κ2) is 8.67. The van der Waals surface area contributed by atoms with E-state index in [2.05, 4.69) is 15.6 Å². The number of fused-ring (bicyclic) bond motifs is 1. The summed E-state index contributed by atoms with van der Waals surface area (Å²) in [6, 6.07) is 3.73. The number of ether oxygens (including phenoxy) is 2. The van der Waals surface area contributed by atoms with Gasteiger partial charge < -0.3 is 24.3 Å². The van der Waals surface area contributed by atoms with Crippen molar-refractivity contribution in [1.29, 1.82) is 0 Å². The summed E-state index contributed by atoms with van der Waals surface area (Å²) in [5, 5.41) is 11.6. The number of aromatic nitrogens is 4. The molecule has 2 amide bonds. The van der Waals surface area contributed by atoms with Crippen LogP contribution in [0.3, 0.4) is 0 Å². The third kappa shape index (κ3) is 4.04. The summed E-state index contributed by atoms with van der Waals surface area (Å²) >= 11 is 0. The Morgan fingerprint density at radius 2 is 2.12 bits per heavy atom. The SMILES string of the molecule is Cn1cccc1C(=O)N1CCCC2(C1)Cn1nnc(CNC(=O)C3CCOCC3)c1CO2. The van der Waals surface area contributed by atoms with E-state index in [1.165, 1.54) is 0 Å². The molecule has 10 nitrogen and oxygen atoms in total. The van der Waals surface area contributed by atoms with Crippen LogP contribution in [0.4, 0.5) is 0 Å². The highest BCUT2D eigenvalue weighted by Crippen LogP contribution is 2.33. The molecule has 0 aliphatic carbocycles. The predicted octanol–water partition coefficient (Wildman–Crippen LogP) is 0.865. The van der Waals surface area contributed by atoms with Crippen LogP contribution in [0, 0.1) is 5.92 Å². The maximum atomic E-state index is 13.0. The Bertz CT molecular complexity index is 994. The molecule has 3 aliphatic heterocycles. The normalized spacial score (nSPS) is 23.8. The van der Waals surface area contributed by atoms with E-state index in [0.29, 0.717) is 45.1 Å². The zero-order valence-electron chi connectivity index (χ0n) is 18.5. The molecule has 5 rings (SSSR count). The third-order valence-corrected chi connectivity index (χ3v) is 6.88. The number of likely N-dealkylation sites (tertiary alicyclic amines) is 1. The summed E-state index contributed by atoms with van der Waals surface area (Å²) in [4.78, 5) is 27.3. The van der Waals surface area contributed by atoms with E-state index in [-0.39, 0.29) is 17.7 Å². The fourth-order valence-corrected chi connectivity index (χ4v) is 4.97. The number of hydrogen-bond donors (Lipinski definition) is 1. The van der Waals surface area contributed by atoms with Crippen molar-refractivity contribution in [2.45, 2.75) is 51.0 Å². The van der Waals surface area contributed by atoms with Gasteiger partial charge in [-0.25, -0.2) is 4.68 Å². The van der Waals surface area contributed by atoms with Crippen molar-refractivity contribution in [3.63, 3.8) is 0 Å². The van der Waals surface area contributed by atoms with Crippen molar-refractivity contribution < 1.29 is 19.1 Å². The molecular formula is C22H30N6O4. The van der Waals surface area contributed by atoms with Crippen molar-refractivity contribution in [2.75, 3.05) is 26.3 Å². The second-order valence-electron chi connectivity index (χ2n) is 9.05.